The molecule has 35 heavy (non-hydrogen) atoms. The molecule has 5 nitrogen and oxygen atoms in total. The first-order chi connectivity index (χ1) is 16.8. The van der Waals surface area contributed by atoms with Gasteiger partial charge in [-0.3, -0.25) is 9.97 Å². The number of fused-ring (bicyclic) bond motifs is 1. The normalized spacial score (nSPS) is 10.8. The molecule has 3 heterocycles. The maximum absolute atomic E-state index is 4.94. The van der Waals surface area contributed by atoms with Crippen molar-refractivity contribution in [3.8, 4) is 17.2 Å². The first-order valence-corrected chi connectivity index (χ1v) is 11.1. The van der Waals surface area contributed by atoms with Crippen molar-refractivity contribution in [1.29, 1.82) is 0 Å². The van der Waals surface area contributed by atoms with Crippen molar-refractivity contribution in [3.05, 3.63) is 122 Å². The third-order valence-electron chi connectivity index (χ3n) is 5.80. The third kappa shape index (κ3) is 4.31. The van der Waals surface area contributed by atoms with Gasteiger partial charge in [0.25, 0.3) is 0 Å². The van der Waals surface area contributed by atoms with E-state index in [1.54, 1.807) is 0 Å². The number of nitrogens with zero attached hydrogens (tertiary/aromatic N) is 5. The van der Waals surface area contributed by atoms with Crippen LogP contribution in [0.3, 0.4) is 0 Å². The van der Waals surface area contributed by atoms with Gasteiger partial charge in [0.2, 0.25) is 0 Å². The number of benzene rings is 3. The second kappa shape index (κ2) is 9.73. The molecule has 3 aromatic heterocycles. The third-order valence-corrected chi connectivity index (χ3v) is 5.80. The molecule has 3 aromatic carbocycles. The van der Waals surface area contributed by atoms with Crippen LogP contribution in [-0.4, -0.2) is 19.1 Å². The Morgan fingerprint density at radius 1 is 0.771 bits per heavy atom. The SMILES string of the molecule is Cn1c(-c2[c-]c(N(c3ccccc3)c3cccc(-n4[c-]ccc4)n3)ccc2)nc2ccccc21.[Pt+2]. The summed E-state index contributed by atoms with van der Waals surface area (Å²) in [6.45, 7) is 0. The zero-order chi connectivity index (χ0) is 22.9. The van der Waals surface area contributed by atoms with Crippen LogP contribution in [0.15, 0.2) is 109 Å². The van der Waals surface area contributed by atoms with Gasteiger partial charge in [-0.25, -0.2) is 0 Å². The van der Waals surface area contributed by atoms with Crippen molar-refractivity contribution in [2.75, 3.05) is 4.90 Å². The smallest absolute Gasteiger partial charge is 0.436 e. The van der Waals surface area contributed by atoms with Gasteiger partial charge < -0.3 is 14.0 Å². The summed E-state index contributed by atoms with van der Waals surface area (Å²) >= 11 is 0. The molecule has 0 unspecified atom stereocenters. The van der Waals surface area contributed by atoms with Crippen LogP contribution < -0.4 is 4.90 Å². The minimum atomic E-state index is 0. The van der Waals surface area contributed by atoms with Crippen molar-refractivity contribution in [2.45, 2.75) is 0 Å². The van der Waals surface area contributed by atoms with Gasteiger partial charge in [-0.2, -0.15) is 6.07 Å². The van der Waals surface area contributed by atoms with Gasteiger partial charge in [0, 0.05) is 12.7 Å². The molecule has 0 fully saturated rings. The molecule has 0 saturated heterocycles. The van der Waals surface area contributed by atoms with Crippen LogP contribution in [0.2, 0.25) is 0 Å². The molecule has 0 aliphatic rings. The van der Waals surface area contributed by atoms with Gasteiger partial charge in [0.15, 0.2) is 0 Å². The van der Waals surface area contributed by atoms with E-state index in [9.17, 15) is 0 Å². The summed E-state index contributed by atoms with van der Waals surface area (Å²) in [7, 11) is 2.04. The van der Waals surface area contributed by atoms with E-state index >= 15 is 0 Å². The van der Waals surface area contributed by atoms with E-state index in [-0.39, 0.29) is 21.1 Å². The Labute approximate surface area is 218 Å². The number of aromatic nitrogens is 4. The molecule has 6 rings (SSSR count). The van der Waals surface area contributed by atoms with Crippen molar-refractivity contribution in [1.82, 2.24) is 19.1 Å². The number of pyridine rings is 1. The summed E-state index contributed by atoms with van der Waals surface area (Å²) in [4.78, 5) is 11.9. The fourth-order valence-electron chi connectivity index (χ4n) is 4.18. The van der Waals surface area contributed by atoms with E-state index in [2.05, 4.69) is 46.0 Å². The summed E-state index contributed by atoms with van der Waals surface area (Å²) in [5.41, 5.74) is 4.87. The van der Waals surface area contributed by atoms with Gasteiger partial charge in [-0.15, -0.1) is 42.1 Å². The maximum Gasteiger partial charge on any atom is 2.00 e. The molecule has 0 atom stereocenters. The number of imidazole rings is 1. The molecular weight excluding hydrogens is 613 g/mol. The second-order valence-corrected chi connectivity index (χ2v) is 7.97. The number of hydrogen-bond donors (Lipinski definition) is 0. The first-order valence-electron chi connectivity index (χ1n) is 11.1. The Morgan fingerprint density at radius 2 is 1.57 bits per heavy atom. The second-order valence-electron chi connectivity index (χ2n) is 7.97. The standard InChI is InChI=1S/C29H21N5.Pt/c1-32-26-16-6-5-15-25(26)30-29(32)22-11-9-14-24(21-22)34(23-12-3-2-4-13-23)28-18-10-17-27(31-28)33-19-7-8-20-33;/h2-19H,1H3;/q-2;+2. The first kappa shape index (κ1) is 22.8. The minimum absolute atomic E-state index is 0. The van der Waals surface area contributed by atoms with Crippen molar-refractivity contribution < 1.29 is 21.1 Å². The molecule has 0 bridgehead atoms. The van der Waals surface area contributed by atoms with E-state index in [4.69, 9.17) is 9.97 Å². The molecule has 0 radical (unpaired) electrons. The number of rotatable bonds is 5. The van der Waals surface area contributed by atoms with Crippen LogP contribution in [0, 0.1) is 12.3 Å². The van der Waals surface area contributed by atoms with Crippen LogP contribution in [0.25, 0.3) is 28.2 Å². The van der Waals surface area contributed by atoms with E-state index in [0.717, 1.165) is 45.4 Å². The zero-order valence-corrected chi connectivity index (χ0v) is 21.2. The molecule has 0 N–H and O–H groups in total. The fourth-order valence-corrected chi connectivity index (χ4v) is 4.18. The average molecular weight is 635 g/mol. The number of anilines is 3. The van der Waals surface area contributed by atoms with E-state index in [1.165, 1.54) is 0 Å². The van der Waals surface area contributed by atoms with Gasteiger partial charge in [-0.1, -0.05) is 48.7 Å². The molecule has 0 spiro atoms. The molecule has 0 amide bonds. The molecule has 6 heteroatoms. The summed E-state index contributed by atoms with van der Waals surface area (Å²) in [6, 6.07) is 37.9. The van der Waals surface area contributed by atoms with Crippen LogP contribution in [0.1, 0.15) is 0 Å². The zero-order valence-electron chi connectivity index (χ0n) is 18.9. The molecule has 6 aromatic rings. The Hall–Kier alpha value is -3.95. The number of para-hydroxylation sites is 3. The van der Waals surface area contributed by atoms with E-state index in [1.807, 2.05) is 96.7 Å². The quantitative estimate of drug-likeness (QED) is 0.204. The van der Waals surface area contributed by atoms with Crippen molar-refractivity contribution >= 4 is 28.2 Å². The van der Waals surface area contributed by atoms with E-state index < -0.39 is 0 Å². The van der Waals surface area contributed by atoms with Gasteiger partial charge >= 0.3 is 21.1 Å². The summed E-state index contributed by atoms with van der Waals surface area (Å²) in [5.74, 6) is 2.47. The van der Waals surface area contributed by atoms with Gasteiger partial charge in [0.1, 0.15) is 5.82 Å². The summed E-state index contributed by atoms with van der Waals surface area (Å²) in [6.07, 6.45) is 5.11. The summed E-state index contributed by atoms with van der Waals surface area (Å²) < 4.78 is 3.99. The van der Waals surface area contributed by atoms with Crippen molar-refractivity contribution in [3.63, 3.8) is 0 Å². The summed E-state index contributed by atoms with van der Waals surface area (Å²) in [5, 5.41) is 0. The van der Waals surface area contributed by atoms with E-state index in [0.29, 0.717) is 0 Å². The maximum atomic E-state index is 4.94. The Balaban J connectivity index is 0.00000253. The topological polar surface area (TPSA) is 38.9 Å². The molecule has 172 valence electrons. The average Bonchev–Trinajstić information content (AvgIpc) is 3.54. The predicted molar refractivity (Wildman–Crippen MR) is 136 cm³/mol. The number of aryl methyl sites for hydroxylation is 1. The van der Waals surface area contributed by atoms with Crippen LogP contribution in [-0.2, 0) is 28.1 Å². The minimum Gasteiger partial charge on any atom is -0.436 e. The van der Waals surface area contributed by atoms with Crippen molar-refractivity contribution in [2.24, 2.45) is 7.05 Å². The Morgan fingerprint density at radius 3 is 2.37 bits per heavy atom. The van der Waals surface area contributed by atoms with Crippen LogP contribution in [0.4, 0.5) is 17.2 Å². The molecular formula is C29H21N5Pt. The molecule has 0 aliphatic heterocycles. The van der Waals surface area contributed by atoms with Crippen LogP contribution >= 0.6 is 0 Å². The largest absolute Gasteiger partial charge is 2.00 e. The number of hydrogen-bond acceptors (Lipinski definition) is 3. The Bertz CT molecular complexity index is 1570. The fraction of sp³-hybridized carbons (Fsp3) is 0.0345. The molecule has 0 aliphatic carbocycles. The van der Waals surface area contributed by atoms with Crippen LogP contribution in [0.5, 0.6) is 0 Å². The predicted octanol–water partition coefficient (Wildman–Crippen LogP) is 6.49. The molecule has 0 saturated carbocycles. The Kier molecular flexibility index (Phi) is 6.34. The van der Waals surface area contributed by atoms with Gasteiger partial charge in [-0.05, 0) is 36.0 Å². The monoisotopic (exact) mass is 634 g/mol. The van der Waals surface area contributed by atoms with Gasteiger partial charge in [0.05, 0.1) is 22.7 Å².